The van der Waals surface area contributed by atoms with Gasteiger partial charge >= 0.3 is 6.18 Å². The van der Waals surface area contributed by atoms with Gasteiger partial charge in [0.2, 0.25) is 12.3 Å². The molecule has 0 unspecified atom stereocenters. The predicted octanol–water partition coefficient (Wildman–Crippen LogP) is 4.14. The van der Waals surface area contributed by atoms with E-state index in [1.165, 1.54) is 23.3 Å². The molecule has 18 heteroatoms. The summed E-state index contributed by atoms with van der Waals surface area (Å²) < 4.78 is 91.3. The van der Waals surface area contributed by atoms with Gasteiger partial charge in [-0.2, -0.15) is 22.7 Å². The zero-order valence-corrected chi connectivity index (χ0v) is 24.4. The largest absolute Gasteiger partial charge is 0.416 e. The molecule has 1 saturated carbocycles. The van der Waals surface area contributed by atoms with Crippen LogP contribution >= 0.6 is 0 Å². The smallest absolute Gasteiger partial charge is 0.363 e. The van der Waals surface area contributed by atoms with Gasteiger partial charge in [0.05, 0.1) is 12.8 Å². The molecule has 0 aliphatic heterocycles. The van der Waals surface area contributed by atoms with Crippen LogP contribution in [-0.2, 0) is 16.1 Å². The van der Waals surface area contributed by atoms with Crippen LogP contribution in [0.3, 0.4) is 0 Å². The van der Waals surface area contributed by atoms with Crippen molar-refractivity contribution in [2.75, 3.05) is 11.9 Å². The van der Waals surface area contributed by atoms with Gasteiger partial charge in [-0.1, -0.05) is 0 Å². The number of rotatable bonds is 14. The lowest BCUT2D eigenvalue weighted by molar-refractivity contribution is -0.264. The minimum Gasteiger partial charge on any atom is -0.363 e. The van der Waals surface area contributed by atoms with Crippen LogP contribution < -0.4 is 10.6 Å². The number of carbonyl (C=O) groups excluding carboxylic acids is 2. The molecule has 3 heterocycles. The third kappa shape index (κ3) is 7.75. The Balaban J connectivity index is 1.58. The molecule has 0 saturated heterocycles. The van der Waals surface area contributed by atoms with Crippen LogP contribution in [0.2, 0.25) is 0 Å². The first-order valence-electron chi connectivity index (χ1n) is 13.8. The van der Waals surface area contributed by atoms with Gasteiger partial charge in [-0.05, 0) is 52.5 Å². The monoisotopic (exact) mass is 633 g/mol. The first-order valence-corrected chi connectivity index (χ1v) is 13.8. The SMILES string of the molecule is CC(C)n1nccc1C(=O)N[C@@H](COC(C)(C)C(F)(F)F)C(=O)Nc1cn([C@@H](CC(F)F)c2nncn2CC2CC2)nc1F. The van der Waals surface area contributed by atoms with E-state index in [4.69, 9.17) is 4.74 Å². The standard InChI is InChI=1S/C26H33F6N9O3/c1-14(2)41-18(7-8-34-41)24(43)36-17(12-44-25(3,4)26(30,31)32)23(42)35-16-11-40(38-21(16)29)19(9-20(27)28)22-37-33-13-39(22)10-15-5-6-15/h7-8,11,13-15,17,19-20H,5-6,9-10,12H2,1-4H3,(H,35,42)(H,36,43)/t17-,19-/m0/s1. The number of halogens is 6. The molecule has 0 aromatic carbocycles. The molecule has 1 aliphatic carbocycles. The molecular formula is C26H33F6N9O3. The molecule has 3 aromatic rings. The number of hydrogen-bond donors (Lipinski definition) is 2. The highest BCUT2D eigenvalue weighted by Crippen LogP contribution is 2.34. The molecule has 44 heavy (non-hydrogen) atoms. The Kier molecular flexibility index (Phi) is 9.70. The minimum absolute atomic E-state index is 0.0111. The Morgan fingerprint density at radius 3 is 2.50 bits per heavy atom. The first-order chi connectivity index (χ1) is 20.6. The Morgan fingerprint density at radius 1 is 1.18 bits per heavy atom. The van der Waals surface area contributed by atoms with E-state index in [1.54, 1.807) is 18.4 Å². The average Bonchev–Trinajstić information content (AvgIpc) is 3.27. The molecule has 2 N–H and O–H groups in total. The molecule has 3 aromatic heterocycles. The van der Waals surface area contributed by atoms with E-state index in [0.29, 0.717) is 12.5 Å². The second-order valence-electron chi connectivity index (χ2n) is 11.3. The van der Waals surface area contributed by atoms with Gasteiger partial charge in [-0.3, -0.25) is 19.0 Å². The van der Waals surface area contributed by atoms with Gasteiger partial charge in [0.1, 0.15) is 29.8 Å². The third-order valence-electron chi connectivity index (χ3n) is 7.07. The third-order valence-corrected chi connectivity index (χ3v) is 7.07. The van der Waals surface area contributed by atoms with Gasteiger partial charge < -0.3 is 19.9 Å². The van der Waals surface area contributed by atoms with E-state index in [1.807, 2.05) is 0 Å². The van der Waals surface area contributed by atoms with Crippen molar-refractivity contribution in [3.05, 3.63) is 42.3 Å². The molecule has 242 valence electrons. The van der Waals surface area contributed by atoms with Crippen molar-refractivity contribution in [1.82, 2.24) is 39.6 Å². The second-order valence-corrected chi connectivity index (χ2v) is 11.3. The summed E-state index contributed by atoms with van der Waals surface area (Å²) in [7, 11) is 0. The fourth-order valence-corrected chi connectivity index (χ4v) is 4.27. The van der Waals surface area contributed by atoms with Crippen LogP contribution in [-0.4, -0.2) is 77.0 Å². The summed E-state index contributed by atoms with van der Waals surface area (Å²) in [6, 6.07) is -1.92. The second kappa shape index (κ2) is 13.0. The van der Waals surface area contributed by atoms with Crippen LogP contribution in [0.15, 0.2) is 24.8 Å². The maximum absolute atomic E-state index is 15.0. The Labute approximate surface area is 248 Å². The Bertz CT molecular complexity index is 1440. The first kappa shape index (κ1) is 32.9. The fraction of sp³-hybridized carbons (Fsp3) is 0.615. The average molecular weight is 634 g/mol. The van der Waals surface area contributed by atoms with E-state index >= 15 is 0 Å². The van der Waals surface area contributed by atoms with Crippen molar-refractivity contribution < 1.29 is 40.7 Å². The lowest BCUT2D eigenvalue weighted by Gasteiger charge is -2.30. The van der Waals surface area contributed by atoms with Gasteiger partial charge in [0.15, 0.2) is 11.4 Å². The van der Waals surface area contributed by atoms with E-state index in [2.05, 4.69) is 31.0 Å². The van der Waals surface area contributed by atoms with Gasteiger partial charge in [0, 0.05) is 25.2 Å². The van der Waals surface area contributed by atoms with E-state index < -0.39 is 66.8 Å². The highest BCUT2D eigenvalue weighted by Gasteiger charge is 2.49. The number of nitrogens with one attached hydrogen (secondary N) is 2. The topological polar surface area (TPSA) is 134 Å². The quantitative estimate of drug-likeness (QED) is 0.255. The maximum atomic E-state index is 15.0. The summed E-state index contributed by atoms with van der Waals surface area (Å²) >= 11 is 0. The number of nitrogens with zero attached hydrogens (tertiary/aromatic N) is 7. The molecule has 1 fully saturated rings. The molecule has 1 aliphatic rings. The summed E-state index contributed by atoms with van der Waals surface area (Å²) in [5.41, 5.74) is -3.26. The molecule has 0 spiro atoms. The summed E-state index contributed by atoms with van der Waals surface area (Å²) in [5.74, 6) is -2.80. The number of alkyl halides is 5. The number of ether oxygens (including phenoxy) is 1. The molecular weight excluding hydrogens is 600 g/mol. The van der Waals surface area contributed by atoms with Crippen LogP contribution in [0.25, 0.3) is 0 Å². The lowest BCUT2D eigenvalue weighted by Crippen LogP contribution is -2.51. The number of carbonyl (C=O) groups is 2. The van der Waals surface area contributed by atoms with Crippen LogP contribution in [0.1, 0.15) is 75.4 Å². The van der Waals surface area contributed by atoms with E-state index in [9.17, 15) is 35.9 Å². The summed E-state index contributed by atoms with van der Waals surface area (Å²) in [6.45, 7) is 4.49. The van der Waals surface area contributed by atoms with E-state index in [0.717, 1.165) is 37.6 Å². The summed E-state index contributed by atoms with van der Waals surface area (Å²) in [4.78, 5) is 26.3. The normalized spacial score (nSPS) is 15.5. The molecule has 4 rings (SSSR count). The van der Waals surface area contributed by atoms with Crippen molar-refractivity contribution in [2.24, 2.45) is 5.92 Å². The van der Waals surface area contributed by atoms with Gasteiger partial charge in [0.25, 0.3) is 11.9 Å². The highest BCUT2D eigenvalue weighted by atomic mass is 19.4. The van der Waals surface area contributed by atoms with Crippen molar-refractivity contribution in [3.63, 3.8) is 0 Å². The van der Waals surface area contributed by atoms with Crippen LogP contribution in [0.4, 0.5) is 32.0 Å². The highest BCUT2D eigenvalue weighted by molar-refractivity contribution is 6.00. The number of aromatic nitrogens is 7. The maximum Gasteiger partial charge on any atom is 0.416 e. The Morgan fingerprint density at radius 2 is 1.89 bits per heavy atom. The molecule has 0 radical (unpaired) electrons. The van der Waals surface area contributed by atoms with Crippen molar-refractivity contribution in [3.8, 4) is 0 Å². The molecule has 2 atom stereocenters. The fourth-order valence-electron chi connectivity index (χ4n) is 4.27. The summed E-state index contributed by atoms with van der Waals surface area (Å²) in [5, 5.41) is 19.9. The number of hydrogen-bond acceptors (Lipinski definition) is 7. The van der Waals surface area contributed by atoms with Gasteiger partial charge in [-0.25, -0.2) is 8.78 Å². The number of amides is 2. The number of anilines is 1. The zero-order chi connectivity index (χ0) is 32.4. The molecule has 2 amide bonds. The van der Waals surface area contributed by atoms with Crippen molar-refractivity contribution in [1.29, 1.82) is 0 Å². The van der Waals surface area contributed by atoms with Crippen LogP contribution in [0.5, 0.6) is 0 Å². The van der Waals surface area contributed by atoms with Crippen molar-refractivity contribution >= 4 is 17.5 Å². The lowest BCUT2D eigenvalue weighted by atomic mass is 10.1. The van der Waals surface area contributed by atoms with Crippen molar-refractivity contribution in [2.45, 2.75) is 89.8 Å². The predicted molar refractivity (Wildman–Crippen MR) is 142 cm³/mol. The Hall–Kier alpha value is -3.96. The molecule has 12 nitrogen and oxygen atoms in total. The zero-order valence-electron chi connectivity index (χ0n) is 24.4. The minimum atomic E-state index is -4.82. The molecule has 0 bridgehead atoms. The van der Waals surface area contributed by atoms with Gasteiger partial charge in [-0.15, -0.1) is 15.3 Å². The summed E-state index contributed by atoms with van der Waals surface area (Å²) in [6.07, 6.45) is -2.83. The van der Waals surface area contributed by atoms with Crippen LogP contribution in [0, 0.1) is 11.9 Å². The van der Waals surface area contributed by atoms with E-state index in [-0.39, 0.29) is 17.6 Å².